The number of aliphatic carboxylic acids is 1. The molecule has 0 atom stereocenters. The Hall–Kier alpha value is -1.34. The zero-order chi connectivity index (χ0) is 12.2. The normalized spacial score (nSPS) is 17.9. The number of nitrogens with zero attached hydrogens (tertiary/aromatic N) is 1. The molecule has 1 aliphatic rings. The molecule has 1 heterocycles. The van der Waals surface area contributed by atoms with E-state index in [0.717, 1.165) is 0 Å². The van der Waals surface area contributed by atoms with Gasteiger partial charge < -0.3 is 15.2 Å². The summed E-state index contributed by atoms with van der Waals surface area (Å²) in [5.74, 6) is -1.08. The second-order valence-corrected chi connectivity index (χ2v) is 4.10. The van der Waals surface area contributed by atoms with Crippen molar-refractivity contribution in [2.24, 2.45) is 0 Å². The second kappa shape index (κ2) is 5.13. The topological polar surface area (TPSA) is 90.9 Å². The molecule has 1 rings (SSSR count). The first kappa shape index (κ1) is 12.7. The lowest BCUT2D eigenvalue weighted by Gasteiger charge is -2.29. The number of hydrazine groups is 1. The molecule has 7 heteroatoms. The lowest BCUT2D eigenvalue weighted by molar-refractivity contribution is -0.143. The van der Waals surface area contributed by atoms with Gasteiger partial charge in [0.15, 0.2) is 0 Å². The molecule has 16 heavy (non-hydrogen) atoms. The van der Waals surface area contributed by atoms with E-state index in [1.165, 1.54) is 13.8 Å². The fourth-order valence-electron chi connectivity index (χ4n) is 1.18. The Kier molecular flexibility index (Phi) is 4.08. The number of carbonyl (C=O) groups excluding carboxylic acids is 1. The molecule has 0 aromatic carbocycles. The van der Waals surface area contributed by atoms with Crippen molar-refractivity contribution in [3.8, 4) is 0 Å². The molecule has 0 aromatic heterocycles. The molecule has 92 valence electrons. The molecule has 3 N–H and O–H groups in total. The number of carboxylic acid groups (broad SMARTS) is 1. The maximum Gasteiger partial charge on any atom is 0.330 e. The SMILES string of the molecule is CC(C)(NC(=O)NN1CCOCC1)C(=O)O. The molecule has 0 unspecified atom stereocenters. The van der Waals surface area contributed by atoms with Gasteiger partial charge in [-0.15, -0.1) is 0 Å². The van der Waals surface area contributed by atoms with Gasteiger partial charge in [0.1, 0.15) is 5.54 Å². The van der Waals surface area contributed by atoms with Crippen LogP contribution in [0.2, 0.25) is 0 Å². The van der Waals surface area contributed by atoms with Gasteiger partial charge in [-0.2, -0.15) is 0 Å². The third kappa shape index (κ3) is 3.67. The summed E-state index contributed by atoms with van der Waals surface area (Å²) in [5, 5.41) is 12.9. The summed E-state index contributed by atoms with van der Waals surface area (Å²) in [4.78, 5) is 22.2. The highest BCUT2D eigenvalue weighted by Crippen LogP contribution is 2.01. The molecule has 0 saturated carbocycles. The average molecular weight is 231 g/mol. The zero-order valence-electron chi connectivity index (χ0n) is 9.45. The van der Waals surface area contributed by atoms with Crippen molar-refractivity contribution in [3.05, 3.63) is 0 Å². The maximum absolute atomic E-state index is 11.5. The predicted molar refractivity (Wildman–Crippen MR) is 55.8 cm³/mol. The zero-order valence-corrected chi connectivity index (χ0v) is 9.45. The number of amides is 2. The maximum atomic E-state index is 11.5. The van der Waals surface area contributed by atoms with Crippen LogP contribution in [0.3, 0.4) is 0 Å². The van der Waals surface area contributed by atoms with Gasteiger partial charge in [-0.3, -0.25) is 5.43 Å². The Morgan fingerprint density at radius 3 is 2.38 bits per heavy atom. The lowest BCUT2D eigenvalue weighted by atomic mass is 10.1. The first-order valence-electron chi connectivity index (χ1n) is 5.07. The van der Waals surface area contributed by atoms with Crippen LogP contribution in [-0.2, 0) is 9.53 Å². The number of morpholine rings is 1. The fourth-order valence-corrected chi connectivity index (χ4v) is 1.18. The van der Waals surface area contributed by atoms with Crippen LogP contribution < -0.4 is 10.7 Å². The van der Waals surface area contributed by atoms with E-state index >= 15 is 0 Å². The average Bonchev–Trinajstić information content (AvgIpc) is 2.17. The highest BCUT2D eigenvalue weighted by Gasteiger charge is 2.29. The molecule has 0 spiro atoms. The monoisotopic (exact) mass is 231 g/mol. The van der Waals surface area contributed by atoms with E-state index in [1.807, 2.05) is 0 Å². The van der Waals surface area contributed by atoms with Crippen molar-refractivity contribution in [1.82, 2.24) is 15.8 Å². The van der Waals surface area contributed by atoms with E-state index in [-0.39, 0.29) is 0 Å². The molecule has 1 saturated heterocycles. The van der Waals surface area contributed by atoms with Crippen molar-refractivity contribution in [2.75, 3.05) is 26.3 Å². The van der Waals surface area contributed by atoms with Crippen LogP contribution in [0.25, 0.3) is 0 Å². The van der Waals surface area contributed by atoms with Gasteiger partial charge in [0, 0.05) is 13.1 Å². The Morgan fingerprint density at radius 2 is 1.88 bits per heavy atom. The molecular formula is C9H17N3O4. The summed E-state index contributed by atoms with van der Waals surface area (Å²) >= 11 is 0. The van der Waals surface area contributed by atoms with Gasteiger partial charge in [0.05, 0.1) is 13.2 Å². The molecule has 1 fully saturated rings. The number of rotatable bonds is 3. The van der Waals surface area contributed by atoms with Crippen LogP contribution in [0.5, 0.6) is 0 Å². The molecular weight excluding hydrogens is 214 g/mol. The van der Waals surface area contributed by atoms with Crippen molar-refractivity contribution in [2.45, 2.75) is 19.4 Å². The molecule has 2 amide bonds. The van der Waals surface area contributed by atoms with E-state index in [9.17, 15) is 9.59 Å². The minimum absolute atomic E-state index is 0.519. The number of hydrogen-bond donors (Lipinski definition) is 3. The molecule has 1 aliphatic heterocycles. The number of ether oxygens (including phenoxy) is 1. The van der Waals surface area contributed by atoms with Crippen molar-refractivity contribution in [1.29, 1.82) is 0 Å². The minimum Gasteiger partial charge on any atom is -0.480 e. The number of nitrogens with one attached hydrogen (secondary N) is 2. The Bertz CT molecular complexity index is 274. The molecule has 0 bridgehead atoms. The third-order valence-electron chi connectivity index (χ3n) is 2.23. The Morgan fingerprint density at radius 1 is 1.31 bits per heavy atom. The number of hydrogen-bond acceptors (Lipinski definition) is 4. The van der Waals surface area contributed by atoms with Crippen molar-refractivity contribution >= 4 is 12.0 Å². The van der Waals surface area contributed by atoms with Crippen molar-refractivity contribution in [3.63, 3.8) is 0 Å². The summed E-state index contributed by atoms with van der Waals surface area (Å²) < 4.78 is 5.11. The van der Waals surface area contributed by atoms with Crippen molar-refractivity contribution < 1.29 is 19.4 Å². The highest BCUT2D eigenvalue weighted by molar-refractivity contribution is 5.85. The quantitative estimate of drug-likeness (QED) is 0.603. The highest BCUT2D eigenvalue weighted by atomic mass is 16.5. The number of carbonyl (C=O) groups is 2. The number of urea groups is 1. The van der Waals surface area contributed by atoms with Gasteiger partial charge in [0.2, 0.25) is 0 Å². The Balaban J connectivity index is 2.37. The summed E-state index contributed by atoms with van der Waals surface area (Å²) in [7, 11) is 0. The van der Waals surface area contributed by atoms with Crippen LogP contribution in [-0.4, -0.2) is 54.0 Å². The summed E-state index contributed by atoms with van der Waals surface area (Å²) in [6.07, 6.45) is 0. The lowest BCUT2D eigenvalue weighted by Crippen LogP contribution is -2.58. The largest absolute Gasteiger partial charge is 0.480 e. The van der Waals surface area contributed by atoms with E-state index < -0.39 is 17.5 Å². The smallest absolute Gasteiger partial charge is 0.330 e. The molecule has 0 aromatic rings. The van der Waals surface area contributed by atoms with Gasteiger partial charge in [-0.1, -0.05) is 0 Å². The van der Waals surface area contributed by atoms with Gasteiger partial charge in [-0.25, -0.2) is 14.6 Å². The number of carboxylic acids is 1. The van der Waals surface area contributed by atoms with E-state index in [4.69, 9.17) is 9.84 Å². The predicted octanol–water partition coefficient (Wildman–Crippen LogP) is -0.604. The summed E-state index contributed by atoms with van der Waals surface area (Å²) in [6, 6.07) is -0.519. The van der Waals surface area contributed by atoms with Crippen LogP contribution in [0.1, 0.15) is 13.8 Å². The van der Waals surface area contributed by atoms with Gasteiger partial charge >= 0.3 is 12.0 Å². The Labute approximate surface area is 93.7 Å². The van der Waals surface area contributed by atoms with E-state index in [1.54, 1.807) is 5.01 Å². The van der Waals surface area contributed by atoms with Crippen LogP contribution in [0.15, 0.2) is 0 Å². The molecule has 0 radical (unpaired) electrons. The van der Waals surface area contributed by atoms with E-state index in [0.29, 0.717) is 26.3 Å². The summed E-state index contributed by atoms with van der Waals surface area (Å²) in [5.41, 5.74) is 1.29. The second-order valence-electron chi connectivity index (χ2n) is 4.10. The van der Waals surface area contributed by atoms with Crippen LogP contribution in [0, 0.1) is 0 Å². The molecule has 0 aliphatic carbocycles. The first-order valence-corrected chi connectivity index (χ1v) is 5.07. The van der Waals surface area contributed by atoms with Crippen LogP contribution >= 0.6 is 0 Å². The van der Waals surface area contributed by atoms with Gasteiger partial charge in [0.25, 0.3) is 0 Å². The minimum atomic E-state index is -1.28. The first-order chi connectivity index (χ1) is 7.42. The van der Waals surface area contributed by atoms with Crippen LogP contribution in [0.4, 0.5) is 4.79 Å². The van der Waals surface area contributed by atoms with E-state index in [2.05, 4.69) is 10.7 Å². The third-order valence-corrected chi connectivity index (χ3v) is 2.23. The molecule has 7 nitrogen and oxygen atoms in total. The van der Waals surface area contributed by atoms with Gasteiger partial charge in [-0.05, 0) is 13.8 Å². The standard InChI is InChI=1S/C9H17N3O4/c1-9(2,7(13)14)10-8(15)11-12-3-5-16-6-4-12/h3-6H2,1-2H3,(H,13,14)(H2,10,11,15). The fraction of sp³-hybridized carbons (Fsp3) is 0.778. The summed E-state index contributed by atoms with van der Waals surface area (Å²) in [6.45, 7) is 5.16.